The highest BCUT2D eigenvalue weighted by atomic mass is 16.6. The first-order valence-corrected chi connectivity index (χ1v) is 10.8. The van der Waals surface area contributed by atoms with Gasteiger partial charge < -0.3 is 14.4 Å². The van der Waals surface area contributed by atoms with Crippen molar-refractivity contribution >= 4 is 11.7 Å². The molecule has 1 atom stereocenters. The summed E-state index contributed by atoms with van der Waals surface area (Å²) in [5.41, 5.74) is 7.53. The van der Waals surface area contributed by atoms with Gasteiger partial charge in [0.25, 0.3) is 5.56 Å². The minimum Gasteiger partial charge on any atom is -0.490 e. The average Bonchev–Trinajstić information content (AvgIpc) is 3.21. The predicted molar refractivity (Wildman–Crippen MR) is 117 cm³/mol. The lowest BCUT2D eigenvalue weighted by atomic mass is 10.0. The maximum Gasteiger partial charge on any atom is 0.410 e. The topological polar surface area (TPSA) is 102 Å². The molecule has 10 heteroatoms. The maximum absolute atomic E-state index is 12.4. The van der Waals surface area contributed by atoms with Crippen LogP contribution in [0.1, 0.15) is 30.9 Å². The van der Waals surface area contributed by atoms with Crippen molar-refractivity contribution in [3.8, 4) is 5.75 Å². The molecule has 3 aliphatic heterocycles. The smallest absolute Gasteiger partial charge is 0.410 e. The van der Waals surface area contributed by atoms with Crippen molar-refractivity contribution in [1.29, 1.82) is 0 Å². The first kappa shape index (κ1) is 20.5. The zero-order chi connectivity index (χ0) is 22.2. The lowest BCUT2D eigenvalue weighted by Crippen LogP contribution is -2.52. The quantitative estimate of drug-likeness (QED) is 0.743. The molecular formula is C22H26N6O4. The third-order valence-electron chi connectivity index (χ3n) is 6.32. The van der Waals surface area contributed by atoms with E-state index >= 15 is 0 Å². The van der Waals surface area contributed by atoms with Gasteiger partial charge in [-0.15, -0.1) is 0 Å². The van der Waals surface area contributed by atoms with E-state index in [1.165, 1.54) is 10.7 Å². The predicted octanol–water partition coefficient (Wildman–Crippen LogP) is 1.20. The van der Waals surface area contributed by atoms with Gasteiger partial charge in [0, 0.05) is 37.5 Å². The van der Waals surface area contributed by atoms with Crippen molar-refractivity contribution in [2.45, 2.75) is 33.0 Å². The number of hydrogen-bond acceptors (Lipinski definition) is 8. The van der Waals surface area contributed by atoms with E-state index in [4.69, 9.17) is 9.47 Å². The van der Waals surface area contributed by atoms with Gasteiger partial charge in [-0.1, -0.05) is 0 Å². The second-order valence-electron chi connectivity index (χ2n) is 8.23. The van der Waals surface area contributed by atoms with Gasteiger partial charge in [0.2, 0.25) is 0 Å². The summed E-state index contributed by atoms with van der Waals surface area (Å²) in [7, 11) is 0. The normalized spacial score (nSPS) is 20.5. The van der Waals surface area contributed by atoms with E-state index in [9.17, 15) is 9.59 Å². The molecule has 1 saturated heterocycles. The van der Waals surface area contributed by atoms with Gasteiger partial charge in [-0.3, -0.25) is 20.1 Å². The molecule has 1 unspecified atom stereocenters. The van der Waals surface area contributed by atoms with E-state index in [-0.39, 0.29) is 17.8 Å². The van der Waals surface area contributed by atoms with Gasteiger partial charge in [-0.25, -0.2) is 14.5 Å². The Kier molecular flexibility index (Phi) is 5.30. The Hall–Kier alpha value is -3.40. The van der Waals surface area contributed by atoms with Crippen LogP contribution in [0.25, 0.3) is 5.57 Å². The lowest BCUT2D eigenvalue weighted by molar-refractivity contribution is 0.153. The monoisotopic (exact) mass is 438 g/mol. The van der Waals surface area contributed by atoms with Crippen molar-refractivity contribution in [3.05, 3.63) is 57.5 Å². The summed E-state index contributed by atoms with van der Waals surface area (Å²) in [6.07, 6.45) is 3.70. The second kappa shape index (κ2) is 8.27. The van der Waals surface area contributed by atoms with E-state index in [0.29, 0.717) is 44.4 Å². The summed E-state index contributed by atoms with van der Waals surface area (Å²) in [5, 5.41) is 0. The number of cyclic esters (lactones) is 1. The average molecular weight is 438 g/mol. The molecule has 0 radical (unpaired) electrons. The molecule has 5 rings (SSSR count). The fraction of sp³-hybridized carbons (Fsp3) is 0.455. The lowest BCUT2D eigenvalue weighted by Gasteiger charge is -2.39. The fourth-order valence-corrected chi connectivity index (χ4v) is 4.38. The van der Waals surface area contributed by atoms with E-state index in [1.807, 2.05) is 13.0 Å². The Balaban J connectivity index is 1.29. The van der Waals surface area contributed by atoms with Gasteiger partial charge in [0.1, 0.15) is 25.1 Å². The number of pyridine rings is 1. The van der Waals surface area contributed by atoms with Crippen LogP contribution in [0.3, 0.4) is 0 Å². The third-order valence-corrected chi connectivity index (χ3v) is 6.32. The maximum atomic E-state index is 12.4. The zero-order valence-corrected chi connectivity index (χ0v) is 18.2. The summed E-state index contributed by atoms with van der Waals surface area (Å²) < 4.78 is 12.3. The summed E-state index contributed by atoms with van der Waals surface area (Å²) in [5.74, 6) is 1.34. The van der Waals surface area contributed by atoms with Crippen LogP contribution in [0.5, 0.6) is 5.75 Å². The summed E-state index contributed by atoms with van der Waals surface area (Å²) in [6, 6.07) is 3.48. The van der Waals surface area contributed by atoms with Gasteiger partial charge in [0.05, 0.1) is 19.3 Å². The van der Waals surface area contributed by atoms with E-state index in [0.717, 1.165) is 35.4 Å². The zero-order valence-electron chi connectivity index (χ0n) is 18.2. The molecule has 2 aromatic heterocycles. The van der Waals surface area contributed by atoms with Crippen LogP contribution < -0.4 is 15.7 Å². The first-order valence-electron chi connectivity index (χ1n) is 10.8. The van der Waals surface area contributed by atoms with Crippen molar-refractivity contribution in [2.24, 2.45) is 0 Å². The summed E-state index contributed by atoms with van der Waals surface area (Å²) >= 11 is 0. The highest BCUT2D eigenvalue weighted by molar-refractivity contribution is 5.69. The van der Waals surface area contributed by atoms with E-state index in [1.54, 1.807) is 17.3 Å². The number of rotatable bonds is 5. The number of nitrogens with one attached hydrogen (secondary N) is 1. The van der Waals surface area contributed by atoms with Gasteiger partial charge in [0.15, 0.2) is 5.82 Å². The molecule has 2 aromatic rings. The largest absolute Gasteiger partial charge is 0.490 e. The number of carbonyl (C=O) groups is 1. The molecule has 0 saturated carbocycles. The van der Waals surface area contributed by atoms with Crippen LogP contribution in [-0.4, -0.2) is 69.6 Å². The number of amides is 1. The highest BCUT2D eigenvalue weighted by Gasteiger charge is 2.31. The van der Waals surface area contributed by atoms with Crippen LogP contribution in [0.15, 0.2) is 34.9 Å². The number of carbonyl (C=O) groups excluding carboxylic acids is 1. The summed E-state index contributed by atoms with van der Waals surface area (Å²) in [6.45, 7) is 7.49. The molecule has 0 aliphatic carbocycles. The molecule has 0 spiro atoms. The van der Waals surface area contributed by atoms with Gasteiger partial charge >= 0.3 is 6.09 Å². The molecule has 1 N–H and O–H groups in total. The Labute approximate surface area is 185 Å². The number of ether oxygens (including phenoxy) is 2. The molecular weight excluding hydrogens is 412 g/mol. The van der Waals surface area contributed by atoms with Crippen LogP contribution in [0.2, 0.25) is 0 Å². The molecule has 1 amide bonds. The number of allylic oxidation sites excluding steroid dienone is 1. The number of aromatic nitrogens is 3. The fourth-order valence-electron chi connectivity index (χ4n) is 4.38. The standard InChI is InChI=1S/C22H26N6O4/c1-14-15(2)21(25-28-19(29)3-5-23-20(14)28)27-6-4-18-16(13-27)11-17(12-24-18)31-9-7-26-8-10-32-22(26)30/h3,5,11-12,21,25H,4,6-10,13H2,1-2H3. The molecule has 10 nitrogen and oxygen atoms in total. The molecule has 3 aliphatic rings. The molecule has 168 valence electrons. The van der Waals surface area contributed by atoms with Gasteiger partial charge in [-0.05, 0) is 36.6 Å². The second-order valence-corrected chi connectivity index (χ2v) is 8.23. The van der Waals surface area contributed by atoms with Crippen molar-refractivity contribution < 1.29 is 14.3 Å². The highest BCUT2D eigenvalue weighted by Crippen LogP contribution is 2.29. The Bertz CT molecular complexity index is 1140. The van der Waals surface area contributed by atoms with E-state index in [2.05, 4.69) is 27.2 Å². The van der Waals surface area contributed by atoms with Crippen LogP contribution in [-0.2, 0) is 17.7 Å². The Morgan fingerprint density at radius 2 is 2.12 bits per heavy atom. The Morgan fingerprint density at radius 3 is 2.94 bits per heavy atom. The van der Waals surface area contributed by atoms with Crippen molar-refractivity contribution in [2.75, 3.05) is 38.3 Å². The molecule has 32 heavy (non-hydrogen) atoms. The minimum absolute atomic E-state index is 0.108. The molecule has 0 bridgehead atoms. The minimum atomic E-state index is -0.289. The third kappa shape index (κ3) is 3.70. The number of nitrogens with zero attached hydrogens (tertiary/aromatic N) is 5. The number of fused-ring (bicyclic) bond motifs is 2. The van der Waals surface area contributed by atoms with Crippen LogP contribution in [0, 0.1) is 0 Å². The SMILES string of the molecule is CC1=C(C)C(N2CCc3ncc(OCCN4CCOC4=O)cc3C2)Nn2c1nccc2=O. The van der Waals surface area contributed by atoms with E-state index < -0.39 is 0 Å². The van der Waals surface area contributed by atoms with Gasteiger partial charge in [-0.2, -0.15) is 0 Å². The first-order chi connectivity index (χ1) is 15.5. The Morgan fingerprint density at radius 1 is 1.25 bits per heavy atom. The summed E-state index contributed by atoms with van der Waals surface area (Å²) in [4.78, 5) is 36.8. The van der Waals surface area contributed by atoms with Crippen LogP contribution in [0.4, 0.5) is 4.79 Å². The van der Waals surface area contributed by atoms with Crippen molar-refractivity contribution in [1.82, 2.24) is 24.4 Å². The molecule has 0 aromatic carbocycles. The molecule has 5 heterocycles. The molecule has 1 fully saturated rings. The van der Waals surface area contributed by atoms with Crippen molar-refractivity contribution in [3.63, 3.8) is 0 Å². The number of hydrogen-bond donors (Lipinski definition) is 1. The van der Waals surface area contributed by atoms with Crippen LogP contribution >= 0.6 is 0 Å².